The van der Waals surface area contributed by atoms with Gasteiger partial charge in [-0.1, -0.05) is 35.7 Å². The van der Waals surface area contributed by atoms with Gasteiger partial charge in [-0.05, 0) is 49.0 Å². The Morgan fingerprint density at radius 1 is 1.23 bits per heavy atom. The fourth-order valence-electron chi connectivity index (χ4n) is 2.31. The van der Waals surface area contributed by atoms with Crippen LogP contribution in [0.1, 0.15) is 43.2 Å². The molecule has 138 valence electrons. The molecule has 2 rings (SSSR count). The molecule has 1 aromatic heterocycles. The van der Waals surface area contributed by atoms with Gasteiger partial charge in [-0.15, -0.1) is 0 Å². The minimum atomic E-state index is -1.14. The van der Waals surface area contributed by atoms with Crippen LogP contribution in [-0.2, 0) is 4.79 Å². The highest BCUT2D eigenvalue weighted by molar-refractivity contribution is 9.10. The number of amides is 1. The molecule has 1 amide bonds. The van der Waals surface area contributed by atoms with E-state index in [4.69, 9.17) is 21.7 Å². The number of hydrogen-bond donors (Lipinski definition) is 3. The Balaban J connectivity index is 2.13. The summed E-state index contributed by atoms with van der Waals surface area (Å²) in [6, 6.07) is 8.30. The van der Waals surface area contributed by atoms with Crippen molar-refractivity contribution in [1.29, 1.82) is 0 Å². The van der Waals surface area contributed by atoms with Crippen LogP contribution in [0.5, 0.6) is 0 Å². The monoisotopic (exact) mass is 438 g/mol. The van der Waals surface area contributed by atoms with Crippen LogP contribution in [0.4, 0.5) is 5.69 Å². The Morgan fingerprint density at radius 2 is 2.00 bits per heavy atom. The third-order valence-corrected chi connectivity index (χ3v) is 4.27. The first-order chi connectivity index (χ1) is 12.4. The number of aromatic carboxylic acids is 1. The van der Waals surface area contributed by atoms with E-state index in [0.29, 0.717) is 23.4 Å². The van der Waals surface area contributed by atoms with E-state index in [1.807, 2.05) is 0 Å². The molecule has 0 saturated carbocycles. The average molecular weight is 439 g/mol. The number of carbonyl (C=O) groups excluding carboxylic acids is 1. The summed E-state index contributed by atoms with van der Waals surface area (Å²) in [4.78, 5) is 22.9. The maximum atomic E-state index is 11.9. The number of anilines is 1. The van der Waals surface area contributed by atoms with E-state index in [-0.39, 0.29) is 16.8 Å². The molecule has 0 atom stereocenters. The van der Waals surface area contributed by atoms with Crippen LogP contribution >= 0.6 is 28.1 Å². The van der Waals surface area contributed by atoms with Gasteiger partial charge in [0.15, 0.2) is 5.11 Å². The fourth-order valence-corrected chi connectivity index (χ4v) is 2.90. The minimum absolute atomic E-state index is 0.140. The molecule has 0 unspecified atom stereocenters. The summed E-state index contributed by atoms with van der Waals surface area (Å²) in [6.07, 6.45) is 3.27. The highest BCUT2D eigenvalue weighted by Crippen LogP contribution is 2.32. The van der Waals surface area contributed by atoms with Gasteiger partial charge in [0.05, 0.1) is 5.69 Å². The zero-order valence-electron chi connectivity index (χ0n) is 14.2. The van der Waals surface area contributed by atoms with E-state index in [1.165, 1.54) is 6.07 Å². The topological polar surface area (TPSA) is 91.6 Å². The Hall–Kier alpha value is -2.19. The van der Waals surface area contributed by atoms with E-state index in [2.05, 4.69) is 33.5 Å². The number of rotatable bonds is 7. The van der Waals surface area contributed by atoms with Gasteiger partial charge >= 0.3 is 5.97 Å². The van der Waals surface area contributed by atoms with Gasteiger partial charge in [-0.2, -0.15) is 0 Å². The smallest absolute Gasteiger partial charge is 0.371 e. The van der Waals surface area contributed by atoms with Gasteiger partial charge in [0.2, 0.25) is 11.7 Å². The first-order valence-electron chi connectivity index (χ1n) is 8.14. The number of carbonyl (C=O) groups is 2. The summed E-state index contributed by atoms with van der Waals surface area (Å²) < 4.78 is 6.15. The van der Waals surface area contributed by atoms with Crippen molar-refractivity contribution in [1.82, 2.24) is 5.32 Å². The normalized spacial score (nSPS) is 10.4. The summed E-state index contributed by atoms with van der Waals surface area (Å²) in [5.41, 5.74) is 1.22. The predicted octanol–water partition coefficient (Wildman–Crippen LogP) is 4.80. The quantitative estimate of drug-likeness (QED) is 0.424. The van der Waals surface area contributed by atoms with Gasteiger partial charge in [0.1, 0.15) is 5.76 Å². The number of hydrogen-bond acceptors (Lipinski definition) is 4. The van der Waals surface area contributed by atoms with Crippen molar-refractivity contribution in [2.24, 2.45) is 0 Å². The van der Waals surface area contributed by atoms with Crippen LogP contribution in [0, 0.1) is 0 Å². The maximum Gasteiger partial charge on any atom is 0.371 e. The van der Waals surface area contributed by atoms with E-state index in [9.17, 15) is 9.59 Å². The first-order valence-corrected chi connectivity index (χ1v) is 9.34. The molecule has 2 aromatic rings. The van der Waals surface area contributed by atoms with Crippen molar-refractivity contribution in [2.75, 3.05) is 5.32 Å². The van der Waals surface area contributed by atoms with Crippen molar-refractivity contribution in [3.63, 3.8) is 0 Å². The number of thiocarbonyl (C=S) groups is 1. The number of furan rings is 1. The fraction of sp³-hybridized carbons (Fsp3) is 0.278. The van der Waals surface area contributed by atoms with Gasteiger partial charge in [-0.25, -0.2) is 4.79 Å². The molecule has 0 fully saturated rings. The lowest BCUT2D eigenvalue weighted by Crippen LogP contribution is -2.34. The molecule has 3 N–H and O–H groups in total. The molecule has 8 heteroatoms. The summed E-state index contributed by atoms with van der Waals surface area (Å²) in [6.45, 7) is 2.07. The first kappa shape index (κ1) is 20.1. The second kappa shape index (κ2) is 9.49. The third kappa shape index (κ3) is 5.67. The number of benzene rings is 1. The summed E-state index contributed by atoms with van der Waals surface area (Å²) in [7, 11) is 0. The molecule has 1 aromatic carbocycles. The Morgan fingerprint density at radius 3 is 2.65 bits per heavy atom. The van der Waals surface area contributed by atoms with E-state index >= 15 is 0 Å². The molecule has 0 saturated heterocycles. The van der Waals surface area contributed by atoms with E-state index < -0.39 is 5.97 Å². The average Bonchev–Trinajstić information content (AvgIpc) is 3.05. The lowest BCUT2D eigenvalue weighted by Gasteiger charge is -2.13. The zero-order chi connectivity index (χ0) is 19.1. The lowest BCUT2D eigenvalue weighted by atomic mass is 10.1. The highest BCUT2D eigenvalue weighted by Gasteiger charge is 2.15. The second-order valence-electron chi connectivity index (χ2n) is 5.62. The van der Waals surface area contributed by atoms with Crippen LogP contribution in [-0.4, -0.2) is 22.1 Å². The number of unbranched alkanes of at least 4 members (excludes halogenated alkanes) is 2. The lowest BCUT2D eigenvalue weighted by molar-refractivity contribution is -0.119. The predicted molar refractivity (Wildman–Crippen MR) is 107 cm³/mol. The molecule has 0 spiro atoms. The number of carboxylic acids is 1. The molecular formula is C18H19BrN2O4S. The molecule has 0 aliphatic carbocycles. The van der Waals surface area contributed by atoms with Crippen LogP contribution in [0.25, 0.3) is 11.3 Å². The maximum absolute atomic E-state index is 11.9. The van der Waals surface area contributed by atoms with Crippen molar-refractivity contribution in [3.05, 3.63) is 40.6 Å². The van der Waals surface area contributed by atoms with Gasteiger partial charge in [0, 0.05) is 16.5 Å². The summed E-state index contributed by atoms with van der Waals surface area (Å²) in [5, 5.41) is 14.8. The standard InChI is InChI=1S/C18H19BrN2O4S/c1-2-3-4-5-16(22)21-18(26)20-13-10-11(19)6-7-12(13)14-8-9-15(25-14)17(23)24/h6-10H,2-5H2,1H3,(H,23,24)(H2,20,21,22,26). The second-order valence-corrected chi connectivity index (χ2v) is 6.94. The van der Waals surface area contributed by atoms with Crippen molar-refractivity contribution >= 4 is 50.8 Å². The summed E-state index contributed by atoms with van der Waals surface area (Å²) >= 11 is 8.59. The van der Waals surface area contributed by atoms with Crippen molar-refractivity contribution in [3.8, 4) is 11.3 Å². The van der Waals surface area contributed by atoms with Gasteiger partial charge in [-0.3, -0.25) is 4.79 Å². The zero-order valence-corrected chi connectivity index (χ0v) is 16.6. The highest BCUT2D eigenvalue weighted by atomic mass is 79.9. The van der Waals surface area contributed by atoms with Crippen LogP contribution < -0.4 is 10.6 Å². The Bertz CT molecular complexity index is 819. The van der Waals surface area contributed by atoms with Crippen molar-refractivity contribution < 1.29 is 19.1 Å². The number of halogens is 1. The molecular weight excluding hydrogens is 420 g/mol. The number of nitrogens with one attached hydrogen (secondary N) is 2. The van der Waals surface area contributed by atoms with Crippen LogP contribution in [0.2, 0.25) is 0 Å². The minimum Gasteiger partial charge on any atom is -0.475 e. The molecule has 0 aliphatic heterocycles. The van der Waals surface area contributed by atoms with E-state index in [1.54, 1.807) is 24.3 Å². The SMILES string of the molecule is CCCCCC(=O)NC(=S)Nc1cc(Br)ccc1-c1ccc(C(=O)O)o1. The Labute approximate surface area is 165 Å². The summed E-state index contributed by atoms with van der Waals surface area (Å²) in [5.74, 6) is -1.05. The van der Waals surface area contributed by atoms with Gasteiger partial charge < -0.3 is 20.2 Å². The molecule has 1 heterocycles. The molecule has 0 radical (unpaired) electrons. The molecule has 6 nitrogen and oxygen atoms in total. The Kier molecular flexibility index (Phi) is 7.35. The van der Waals surface area contributed by atoms with Crippen molar-refractivity contribution in [2.45, 2.75) is 32.6 Å². The largest absolute Gasteiger partial charge is 0.475 e. The molecule has 0 bridgehead atoms. The molecule has 0 aliphatic rings. The van der Waals surface area contributed by atoms with Crippen LogP contribution in [0.3, 0.4) is 0 Å². The molecule has 26 heavy (non-hydrogen) atoms. The third-order valence-electron chi connectivity index (χ3n) is 3.57. The van der Waals surface area contributed by atoms with Crippen LogP contribution in [0.15, 0.2) is 39.2 Å². The number of carboxylic acid groups (broad SMARTS) is 1. The van der Waals surface area contributed by atoms with E-state index in [0.717, 1.165) is 23.7 Å². The van der Waals surface area contributed by atoms with Gasteiger partial charge in [0.25, 0.3) is 0 Å².